The Bertz CT molecular complexity index is 1100. The number of fused-ring (bicyclic) bond motifs is 1. The molecular weight excluding hydrogens is 352 g/mol. The van der Waals surface area contributed by atoms with Crippen LogP contribution in [0.15, 0.2) is 49.1 Å². The largest absolute Gasteiger partial charge is 0.356 e. The molecule has 8 nitrogen and oxygen atoms in total. The first kappa shape index (κ1) is 16.7. The van der Waals surface area contributed by atoms with E-state index in [0.717, 1.165) is 60.2 Å². The Kier molecular flexibility index (Phi) is 4.16. The molecule has 0 bridgehead atoms. The van der Waals surface area contributed by atoms with Crippen LogP contribution in [0.4, 0.5) is 5.82 Å². The van der Waals surface area contributed by atoms with Crippen LogP contribution in [-0.2, 0) is 0 Å². The summed E-state index contributed by atoms with van der Waals surface area (Å²) in [7, 11) is 0. The van der Waals surface area contributed by atoms with Gasteiger partial charge in [-0.3, -0.25) is 4.98 Å². The van der Waals surface area contributed by atoms with E-state index in [9.17, 15) is 0 Å². The van der Waals surface area contributed by atoms with Crippen LogP contribution in [0, 0.1) is 6.92 Å². The van der Waals surface area contributed by atoms with E-state index in [-0.39, 0.29) is 0 Å². The maximum atomic E-state index is 4.79. The molecule has 28 heavy (non-hydrogen) atoms. The highest BCUT2D eigenvalue weighted by Gasteiger charge is 2.26. The summed E-state index contributed by atoms with van der Waals surface area (Å²) < 4.78 is 1.89. The molecule has 5 rings (SSSR count). The molecule has 4 aromatic rings. The van der Waals surface area contributed by atoms with Crippen LogP contribution in [0.5, 0.6) is 0 Å². The maximum Gasteiger partial charge on any atom is 0.177 e. The minimum atomic E-state index is 0.325. The quantitative estimate of drug-likeness (QED) is 0.546. The van der Waals surface area contributed by atoms with Crippen molar-refractivity contribution in [1.29, 1.82) is 0 Å². The third-order valence-corrected chi connectivity index (χ3v) is 5.22. The van der Waals surface area contributed by atoms with Gasteiger partial charge in [-0.1, -0.05) is 0 Å². The molecule has 0 N–H and O–H groups in total. The molecule has 1 saturated heterocycles. The molecule has 0 spiro atoms. The summed E-state index contributed by atoms with van der Waals surface area (Å²) in [6, 6.07) is 9.89. The Labute approximate surface area is 162 Å². The first-order valence-electron chi connectivity index (χ1n) is 9.44. The van der Waals surface area contributed by atoms with Gasteiger partial charge in [-0.05, 0) is 44.0 Å². The SMILES string of the molecule is Cc1cc(N2CCC(c3nnc4ccc(-c5cccnc5)nn34)CC2)ncn1. The van der Waals surface area contributed by atoms with Crippen LogP contribution in [0.2, 0.25) is 0 Å². The molecule has 0 radical (unpaired) electrons. The van der Waals surface area contributed by atoms with Gasteiger partial charge in [0, 0.05) is 48.7 Å². The van der Waals surface area contributed by atoms with Crippen molar-refractivity contribution >= 4 is 11.5 Å². The Hall–Kier alpha value is -3.42. The number of rotatable bonds is 3. The van der Waals surface area contributed by atoms with E-state index in [1.165, 1.54) is 0 Å². The third kappa shape index (κ3) is 3.06. The fourth-order valence-electron chi connectivity index (χ4n) is 3.71. The molecule has 1 fully saturated rings. The summed E-state index contributed by atoms with van der Waals surface area (Å²) in [5.74, 6) is 2.25. The highest BCUT2D eigenvalue weighted by molar-refractivity contribution is 5.58. The molecule has 0 atom stereocenters. The van der Waals surface area contributed by atoms with E-state index < -0.39 is 0 Å². The number of aryl methyl sites for hydroxylation is 1. The highest BCUT2D eigenvalue weighted by Crippen LogP contribution is 2.29. The van der Waals surface area contributed by atoms with Crippen LogP contribution < -0.4 is 4.90 Å². The summed E-state index contributed by atoms with van der Waals surface area (Å²) >= 11 is 0. The summed E-state index contributed by atoms with van der Waals surface area (Å²) in [6.45, 7) is 3.85. The van der Waals surface area contributed by atoms with Crippen molar-refractivity contribution in [3.8, 4) is 11.3 Å². The number of nitrogens with zero attached hydrogens (tertiary/aromatic N) is 8. The van der Waals surface area contributed by atoms with Crippen LogP contribution in [0.3, 0.4) is 0 Å². The van der Waals surface area contributed by atoms with Gasteiger partial charge in [0.25, 0.3) is 0 Å². The zero-order chi connectivity index (χ0) is 18.9. The van der Waals surface area contributed by atoms with Crippen molar-refractivity contribution < 1.29 is 0 Å². The van der Waals surface area contributed by atoms with Gasteiger partial charge in [0.15, 0.2) is 11.5 Å². The number of pyridine rings is 1. The molecule has 0 aromatic carbocycles. The van der Waals surface area contributed by atoms with Gasteiger partial charge < -0.3 is 4.90 Å². The van der Waals surface area contributed by atoms with Gasteiger partial charge in [0.05, 0.1) is 5.69 Å². The van der Waals surface area contributed by atoms with Crippen LogP contribution in [0.1, 0.15) is 30.3 Å². The Morgan fingerprint density at radius 3 is 2.71 bits per heavy atom. The van der Waals surface area contributed by atoms with Gasteiger partial charge in [0.1, 0.15) is 12.1 Å². The summed E-state index contributed by atoms with van der Waals surface area (Å²) in [5.41, 5.74) is 3.62. The van der Waals surface area contributed by atoms with Gasteiger partial charge >= 0.3 is 0 Å². The molecule has 0 aliphatic carbocycles. The lowest BCUT2D eigenvalue weighted by molar-refractivity contribution is 0.475. The zero-order valence-corrected chi connectivity index (χ0v) is 15.6. The smallest absolute Gasteiger partial charge is 0.177 e. The number of hydrogen-bond acceptors (Lipinski definition) is 7. The standard InChI is InChI=1S/C20H20N8/c1-14-11-19(23-13-22-14)27-9-6-15(7-10-27)20-25-24-18-5-4-17(26-28(18)20)16-3-2-8-21-12-16/h2-5,8,11-13,15H,6-7,9-10H2,1H3. The lowest BCUT2D eigenvalue weighted by atomic mass is 9.96. The fraction of sp³-hybridized carbons (Fsp3) is 0.300. The minimum absolute atomic E-state index is 0.325. The van der Waals surface area contributed by atoms with E-state index in [4.69, 9.17) is 5.10 Å². The predicted molar refractivity (Wildman–Crippen MR) is 105 cm³/mol. The predicted octanol–water partition coefficient (Wildman–Crippen LogP) is 2.67. The van der Waals surface area contributed by atoms with Gasteiger partial charge in [-0.25, -0.2) is 9.97 Å². The van der Waals surface area contributed by atoms with E-state index >= 15 is 0 Å². The Morgan fingerprint density at radius 2 is 1.93 bits per heavy atom. The van der Waals surface area contributed by atoms with Crippen molar-refractivity contribution in [3.05, 3.63) is 60.6 Å². The van der Waals surface area contributed by atoms with Crippen LogP contribution >= 0.6 is 0 Å². The molecule has 1 aliphatic heterocycles. The Balaban J connectivity index is 1.39. The highest BCUT2D eigenvalue weighted by atomic mass is 15.4. The third-order valence-electron chi connectivity index (χ3n) is 5.22. The second kappa shape index (κ2) is 6.95. The van der Waals surface area contributed by atoms with Crippen LogP contribution in [0.25, 0.3) is 16.9 Å². The van der Waals surface area contributed by atoms with Crippen molar-refractivity contribution in [2.75, 3.05) is 18.0 Å². The maximum absolute atomic E-state index is 4.79. The van der Waals surface area contributed by atoms with Crippen molar-refractivity contribution in [2.45, 2.75) is 25.7 Å². The van der Waals surface area contributed by atoms with Gasteiger partial charge in [0.2, 0.25) is 0 Å². The lowest BCUT2D eigenvalue weighted by Gasteiger charge is -2.31. The fourth-order valence-corrected chi connectivity index (χ4v) is 3.71. The number of aromatic nitrogens is 7. The Morgan fingerprint density at radius 1 is 1.04 bits per heavy atom. The molecule has 4 aromatic heterocycles. The average molecular weight is 372 g/mol. The molecule has 0 amide bonds. The molecule has 140 valence electrons. The number of hydrogen-bond donors (Lipinski definition) is 0. The molecule has 8 heteroatoms. The van der Waals surface area contributed by atoms with E-state index in [2.05, 4.69) is 30.0 Å². The van der Waals surface area contributed by atoms with E-state index in [1.807, 2.05) is 48.0 Å². The van der Waals surface area contributed by atoms with E-state index in [0.29, 0.717) is 5.92 Å². The topological polar surface area (TPSA) is 85.0 Å². The van der Waals surface area contributed by atoms with Crippen molar-refractivity contribution in [2.24, 2.45) is 0 Å². The van der Waals surface area contributed by atoms with Crippen LogP contribution in [-0.4, -0.2) is 47.9 Å². The van der Waals surface area contributed by atoms with Crippen molar-refractivity contribution in [3.63, 3.8) is 0 Å². The molecule has 0 unspecified atom stereocenters. The first-order valence-corrected chi connectivity index (χ1v) is 9.44. The second-order valence-corrected chi connectivity index (χ2v) is 7.07. The average Bonchev–Trinajstić information content (AvgIpc) is 3.18. The van der Waals surface area contributed by atoms with Crippen molar-refractivity contribution in [1.82, 2.24) is 34.8 Å². The van der Waals surface area contributed by atoms with E-state index in [1.54, 1.807) is 12.5 Å². The lowest BCUT2D eigenvalue weighted by Crippen LogP contribution is -2.34. The first-order chi connectivity index (χ1) is 13.8. The monoisotopic (exact) mass is 372 g/mol. The molecule has 0 saturated carbocycles. The summed E-state index contributed by atoms with van der Waals surface area (Å²) in [5, 5.41) is 13.6. The minimum Gasteiger partial charge on any atom is -0.356 e. The molecule has 5 heterocycles. The van der Waals surface area contributed by atoms with Gasteiger partial charge in [-0.2, -0.15) is 9.61 Å². The normalized spacial score (nSPS) is 15.2. The number of piperidine rings is 1. The molecule has 1 aliphatic rings. The summed E-state index contributed by atoms with van der Waals surface area (Å²) in [4.78, 5) is 15.1. The second-order valence-electron chi connectivity index (χ2n) is 7.07. The summed E-state index contributed by atoms with van der Waals surface area (Å²) in [6.07, 6.45) is 7.19. The number of anilines is 1. The molecular formula is C20H20N8. The zero-order valence-electron chi connectivity index (χ0n) is 15.6. The van der Waals surface area contributed by atoms with Gasteiger partial charge in [-0.15, -0.1) is 10.2 Å².